The van der Waals surface area contributed by atoms with Crippen LogP contribution >= 0.6 is 0 Å². The fourth-order valence-electron chi connectivity index (χ4n) is 1.82. The van der Waals surface area contributed by atoms with Crippen molar-refractivity contribution in [2.45, 2.75) is 78.7 Å². The van der Waals surface area contributed by atoms with Crippen molar-refractivity contribution < 1.29 is 14.3 Å². The quantitative estimate of drug-likeness (QED) is 0.609. The Bertz CT molecular complexity index is 287. The van der Waals surface area contributed by atoms with E-state index in [0.717, 1.165) is 38.8 Å². The van der Waals surface area contributed by atoms with E-state index in [2.05, 4.69) is 13.8 Å². The first kappa shape index (κ1) is 18.9. The number of amides is 1. The Balaban J connectivity index is 4.20. The lowest BCUT2D eigenvalue weighted by atomic mass is 10.2. The van der Waals surface area contributed by atoms with E-state index in [1.165, 1.54) is 0 Å². The van der Waals surface area contributed by atoms with Crippen molar-refractivity contribution in [3.8, 4) is 0 Å². The van der Waals surface area contributed by atoms with Crippen LogP contribution in [0.5, 0.6) is 0 Å². The molecule has 0 aromatic carbocycles. The number of unbranched alkanes of at least 4 members (excludes halogenated alkanes) is 2. The SMILES string of the molecule is CCCCN(CCCC)C(=O)CCC(=O)OC(C)(C)C. The Morgan fingerprint density at radius 3 is 1.85 bits per heavy atom. The van der Waals surface area contributed by atoms with Crippen molar-refractivity contribution in [2.75, 3.05) is 13.1 Å². The van der Waals surface area contributed by atoms with Crippen LogP contribution in [0, 0.1) is 0 Å². The summed E-state index contributed by atoms with van der Waals surface area (Å²) in [5, 5.41) is 0. The summed E-state index contributed by atoms with van der Waals surface area (Å²) in [7, 11) is 0. The molecule has 0 N–H and O–H groups in total. The van der Waals surface area contributed by atoms with Gasteiger partial charge in [0.05, 0.1) is 6.42 Å². The fraction of sp³-hybridized carbons (Fsp3) is 0.875. The maximum absolute atomic E-state index is 12.1. The molecule has 1 amide bonds. The molecular formula is C16H31NO3. The number of rotatable bonds is 9. The fourth-order valence-corrected chi connectivity index (χ4v) is 1.82. The molecule has 0 aromatic heterocycles. The van der Waals surface area contributed by atoms with Crippen molar-refractivity contribution in [3.63, 3.8) is 0 Å². The van der Waals surface area contributed by atoms with Crippen LogP contribution in [-0.2, 0) is 14.3 Å². The van der Waals surface area contributed by atoms with Crippen molar-refractivity contribution in [1.29, 1.82) is 0 Å². The summed E-state index contributed by atoms with van der Waals surface area (Å²) >= 11 is 0. The summed E-state index contributed by atoms with van der Waals surface area (Å²) in [5.74, 6) is -0.227. The molecule has 0 saturated carbocycles. The van der Waals surface area contributed by atoms with E-state index in [9.17, 15) is 9.59 Å². The van der Waals surface area contributed by atoms with E-state index in [1.54, 1.807) is 0 Å². The van der Waals surface area contributed by atoms with Crippen molar-refractivity contribution >= 4 is 11.9 Å². The minimum absolute atomic E-state index is 0.0674. The van der Waals surface area contributed by atoms with Gasteiger partial charge in [-0.25, -0.2) is 0 Å². The van der Waals surface area contributed by atoms with Crippen molar-refractivity contribution in [2.24, 2.45) is 0 Å². The second-order valence-electron chi connectivity index (χ2n) is 6.17. The molecule has 0 fully saturated rings. The van der Waals surface area contributed by atoms with Gasteiger partial charge >= 0.3 is 5.97 Å². The van der Waals surface area contributed by atoms with E-state index in [-0.39, 0.29) is 24.7 Å². The number of esters is 1. The van der Waals surface area contributed by atoms with Gasteiger partial charge in [-0.3, -0.25) is 9.59 Å². The van der Waals surface area contributed by atoms with Gasteiger partial charge in [0.2, 0.25) is 5.91 Å². The molecule has 0 rings (SSSR count). The molecule has 0 spiro atoms. The van der Waals surface area contributed by atoms with Gasteiger partial charge in [0.1, 0.15) is 5.60 Å². The predicted molar refractivity (Wildman–Crippen MR) is 81.5 cm³/mol. The van der Waals surface area contributed by atoms with Crippen LogP contribution in [0.4, 0.5) is 0 Å². The van der Waals surface area contributed by atoms with Gasteiger partial charge in [-0.05, 0) is 33.6 Å². The van der Waals surface area contributed by atoms with Gasteiger partial charge in [-0.15, -0.1) is 0 Å². The monoisotopic (exact) mass is 285 g/mol. The lowest BCUT2D eigenvalue weighted by Gasteiger charge is -2.23. The number of ether oxygens (including phenoxy) is 1. The average Bonchev–Trinajstić information content (AvgIpc) is 2.34. The van der Waals surface area contributed by atoms with Gasteiger partial charge in [-0.1, -0.05) is 26.7 Å². The highest BCUT2D eigenvalue weighted by atomic mass is 16.6. The smallest absolute Gasteiger partial charge is 0.306 e. The number of hydrogen-bond acceptors (Lipinski definition) is 3. The Morgan fingerprint density at radius 1 is 0.950 bits per heavy atom. The van der Waals surface area contributed by atoms with Crippen LogP contribution in [0.2, 0.25) is 0 Å². The van der Waals surface area contributed by atoms with Gasteiger partial charge in [0, 0.05) is 19.5 Å². The molecular weight excluding hydrogens is 254 g/mol. The summed E-state index contributed by atoms with van der Waals surface area (Å²) in [4.78, 5) is 25.7. The highest BCUT2D eigenvalue weighted by Crippen LogP contribution is 2.10. The van der Waals surface area contributed by atoms with Gasteiger partial charge < -0.3 is 9.64 Å². The molecule has 0 aliphatic rings. The second kappa shape index (κ2) is 9.78. The predicted octanol–water partition coefficient (Wildman–Crippen LogP) is 3.54. The van der Waals surface area contributed by atoms with E-state index in [4.69, 9.17) is 4.74 Å². The highest BCUT2D eigenvalue weighted by molar-refractivity contribution is 5.81. The summed E-state index contributed by atoms with van der Waals surface area (Å²) in [6.45, 7) is 11.3. The molecule has 0 atom stereocenters. The number of carbonyl (C=O) groups excluding carboxylic acids is 2. The molecule has 0 aliphatic carbocycles. The maximum Gasteiger partial charge on any atom is 0.306 e. The Kier molecular flexibility index (Phi) is 9.26. The topological polar surface area (TPSA) is 46.6 Å². The molecule has 0 aliphatic heterocycles. The third-order valence-corrected chi connectivity index (χ3v) is 2.88. The number of carbonyl (C=O) groups is 2. The van der Waals surface area contributed by atoms with Crippen LogP contribution in [-0.4, -0.2) is 35.5 Å². The third kappa shape index (κ3) is 9.82. The first-order valence-electron chi connectivity index (χ1n) is 7.79. The molecule has 118 valence electrons. The lowest BCUT2D eigenvalue weighted by molar-refractivity contribution is -0.156. The summed E-state index contributed by atoms with van der Waals surface area (Å²) < 4.78 is 5.22. The van der Waals surface area contributed by atoms with Crippen LogP contribution in [0.3, 0.4) is 0 Å². The van der Waals surface area contributed by atoms with E-state index < -0.39 is 5.60 Å². The Morgan fingerprint density at radius 2 is 1.45 bits per heavy atom. The Hall–Kier alpha value is -1.06. The normalized spacial score (nSPS) is 11.2. The van der Waals surface area contributed by atoms with Gasteiger partial charge in [0.25, 0.3) is 0 Å². The summed E-state index contributed by atoms with van der Waals surface area (Å²) in [6, 6.07) is 0. The Labute approximate surface area is 123 Å². The van der Waals surface area contributed by atoms with E-state index >= 15 is 0 Å². The molecule has 0 heterocycles. The second-order valence-corrected chi connectivity index (χ2v) is 6.17. The minimum atomic E-state index is -0.482. The minimum Gasteiger partial charge on any atom is -0.460 e. The molecule has 4 nitrogen and oxygen atoms in total. The number of hydrogen-bond donors (Lipinski definition) is 0. The first-order valence-corrected chi connectivity index (χ1v) is 7.79. The van der Waals surface area contributed by atoms with E-state index in [0.29, 0.717) is 0 Å². The van der Waals surface area contributed by atoms with Gasteiger partial charge in [0.15, 0.2) is 0 Å². The van der Waals surface area contributed by atoms with Crippen molar-refractivity contribution in [1.82, 2.24) is 4.90 Å². The molecule has 4 heteroatoms. The molecule has 0 aromatic rings. The average molecular weight is 285 g/mol. The maximum atomic E-state index is 12.1. The lowest BCUT2D eigenvalue weighted by Crippen LogP contribution is -2.33. The van der Waals surface area contributed by atoms with Crippen LogP contribution in [0.25, 0.3) is 0 Å². The van der Waals surface area contributed by atoms with Crippen molar-refractivity contribution in [3.05, 3.63) is 0 Å². The third-order valence-electron chi connectivity index (χ3n) is 2.88. The zero-order valence-corrected chi connectivity index (χ0v) is 13.8. The van der Waals surface area contributed by atoms with Crippen LogP contribution < -0.4 is 0 Å². The highest BCUT2D eigenvalue weighted by Gasteiger charge is 2.19. The number of nitrogens with zero attached hydrogens (tertiary/aromatic N) is 1. The zero-order chi connectivity index (χ0) is 15.6. The molecule has 0 unspecified atom stereocenters. The zero-order valence-electron chi connectivity index (χ0n) is 13.8. The van der Waals surface area contributed by atoms with E-state index in [1.807, 2.05) is 25.7 Å². The largest absolute Gasteiger partial charge is 0.460 e. The van der Waals surface area contributed by atoms with Gasteiger partial charge in [-0.2, -0.15) is 0 Å². The standard InChI is InChI=1S/C16H31NO3/c1-6-8-12-17(13-9-7-2)14(18)10-11-15(19)20-16(3,4)5/h6-13H2,1-5H3. The van der Waals surface area contributed by atoms with Crippen LogP contribution in [0.1, 0.15) is 73.1 Å². The molecule has 20 heavy (non-hydrogen) atoms. The molecule has 0 radical (unpaired) electrons. The molecule has 0 bridgehead atoms. The molecule has 0 saturated heterocycles. The summed E-state index contributed by atoms with van der Waals surface area (Å²) in [5.41, 5.74) is -0.482. The van der Waals surface area contributed by atoms with Crippen LogP contribution in [0.15, 0.2) is 0 Å². The first-order chi connectivity index (χ1) is 9.30. The summed E-state index contributed by atoms with van der Waals surface area (Å²) in [6.07, 6.45) is 4.60.